The Bertz CT molecular complexity index is 1340. The Morgan fingerprint density at radius 3 is 2.59 bits per heavy atom. The lowest BCUT2D eigenvalue weighted by Gasteiger charge is -2.21. The zero-order chi connectivity index (χ0) is 23.3. The molecule has 0 radical (unpaired) electrons. The summed E-state index contributed by atoms with van der Waals surface area (Å²) in [6, 6.07) is 20.4. The average molecular weight is 466 g/mol. The third-order valence-electron chi connectivity index (χ3n) is 6.30. The number of aromatic nitrogens is 2. The van der Waals surface area contributed by atoms with Gasteiger partial charge < -0.3 is 4.57 Å². The number of hydrogen-bond donors (Lipinski definition) is 0. The van der Waals surface area contributed by atoms with Crippen molar-refractivity contribution in [3.05, 3.63) is 102 Å². The molecule has 2 aromatic carbocycles. The van der Waals surface area contributed by atoms with Crippen LogP contribution >= 0.6 is 11.6 Å². The van der Waals surface area contributed by atoms with Gasteiger partial charge in [0.15, 0.2) is 0 Å². The molecule has 0 spiro atoms. The van der Waals surface area contributed by atoms with Crippen LogP contribution in [0, 0.1) is 17.8 Å². The summed E-state index contributed by atoms with van der Waals surface area (Å²) in [5.74, 6) is 7.35. The minimum Gasteiger partial charge on any atom is -0.346 e. The molecule has 34 heavy (non-hydrogen) atoms. The van der Waals surface area contributed by atoms with E-state index in [0.29, 0.717) is 0 Å². The number of fused-ring (bicyclic) bond motifs is 1. The normalized spacial score (nSPS) is 13.1. The van der Waals surface area contributed by atoms with Crippen molar-refractivity contribution in [3.8, 4) is 23.0 Å². The van der Waals surface area contributed by atoms with E-state index in [1.165, 1.54) is 30.3 Å². The van der Waals surface area contributed by atoms with Crippen LogP contribution in [0.4, 0.5) is 0 Å². The van der Waals surface area contributed by atoms with E-state index in [1.807, 2.05) is 48.7 Å². The summed E-state index contributed by atoms with van der Waals surface area (Å²) in [7, 11) is 0. The van der Waals surface area contributed by atoms with Crippen molar-refractivity contribution >= 4 is 22.5 Å². The third kappa shape index (κ3) is 5.59. The van der Waals surface area contributed by atoms with Gasteiger partial charge >= 0.3 is 0 Å². The molecule has 4 heteroatoms. The molecular weight excluding hydrogens is 438 g/mol. The van der Waals surface area contributed by atoms with Gasteiger partial charge in [-0.1, -0.05) is 41.8 Å². The van der Waals surface area contributed by atoms with E-state index >= 15 is 0 Å². The summed E-state index contributed by atoms with van der Waals surface area (Å²) < 4.78 is 2.34. The number of rotatable bonds is 8. The number of halogens is 1. The van der Waals surface area contributed by atoms with E-state index in [2.05, 4.69) is 63.3 Å². The largest absolute Gasteiger partial charge is 0.346 e. The molecular formula is C30H28ClN3. The molecule has 1 fully saturated rings. The molecule has 170 valence electrons. The highest BCUT2D eigenvalue weighted by Gasteiger charge is 2.23. The lowest BCUT2D eigenvalue weighted by atomic mass is 10.1. The third-order valence-corrected chi connectivity index (χ3v) is 6.56. The Morgan fingerprint density at radius 1 is 1.03 bits per heavy atom. The SMILES string of the molecule is C=CCN(CCn1ccc2cc(C#Cc3ccc(-c4ccc(Cl)cc4)cn3)ccc21)CC1CC1. The van der Waals surface area contributed by atoms with E-state index in [-0.39, 0.29) is 0 Å². The van der Waals surface area contributed by atoms with Crippen molar-refractivity contribution in [3.63, 3.8) is 0 Å². The van der Waals surface area contributed by atoms with Crippen molar-refractivity contribution in [2.75, 3.05) is 19.6 Å². The quantitative estimate of drug-likeness (QED) is 0.214. The maximum absolute atomic E-state index is 5.98. The van der Waals surface area contributed by atoms with Crippen molar-refractivity contribution in [2.24, 2.45) is 5.92 Å². The maximum atomic E-state index is 5.98. The van der Waals surface area contributed by atoms with Gasteiger partial charge in [-0.25, -0.2) is 4.98 Å². The van der Waals surface area contributed by atoms with Crippen LogP contribution in [0.25, 0.3) is 22.0 Å². The molecule has 2 heterocycles. The molecule has 0 atom stereocenters. The summed E-state index contributed by atoms with van der Waals surface area (Å²) in [6.07, 6.45) is 8.82. The van der Waals surface area contributed by atoms with Gasteiger partial charge in [0.25, 0.3) is 0 Å². The predicted molar refractivity (Wildman–Crippen MR) is 142 cm³/mol. The van der Waals surface area contributed by atoms with Gasteiger partial charge in [-0.05, 0) is 72.7 Å². The minimum atomic E-state index is 0.731. The van der Waals surface area contributed by atoms with Crippen molar-refractivity contribution in [2.45, 2.75) is 19.4 Å². The van der Waals surface area contributed by atoms with E-state index < -0.39 is 0 Å². The van der Waals surface area contributed by atoms with Gasteiger partial charge in [-0.3, -0.25) is 4.90 Å². The van der Waals surface area contributed by atoms with Crippen molar-refractivity contribution in [1.29, 1.82) is 0 Å². The summed E-state index contributed by atoms with van der Waals surface area (Å²) in [5.41, 5.74) is 5.14. The monoisotopic (exact) mass is 465 g/mol. The minimum absolute atomic E-state index is 0.731. The molecule has 0 saturated heterocycles. The van der Waals surface area contributed by atoms with Crippen molar-refractivity contribution in [1.82, 2.24) is 14.5 Å². The van der Waals surface area contributed by atoms with Crippen LogP contribution in [0.1, 0.15) is 24.1 Å². The molecule has 3 nitrogen and oxygen atoms in total. The summed E-state index contributed by atoms with van der Waals surface area (Å²) >= 11 is 5.98. The van der Waals surface area contributed by atoms with Crippen molar-refractivity contribution < 1.29 is 0 Å². The molecule has 1 aliphatic rings. The molecule has 1 saturated carbocycles. The average Bonchev–Trinajstić information content (AvgIpc) is 3.59. The highest BCUT2D eigenvalue weighted by atomic mass is 35.5. The van der Waals surface area contributed by atoms with Gasteiger partial charge in [0, 0.05) is 65.6 Å². The number of benzene rings is 2. The first-order chi connectivity index (χ1) is 16.7. The second kappa shape index (κ2) is 10.3. The molecule has 5 rings (SSSR count). The highest BCUT2D eigenvalue weighted by Crippen LogP contribution is 2.29. The summed E-state index contributed by atoms with van der Waals surface area (Å²) in [4.78, 5) is 7.03. The Morgan fingerprint density at radius 2 is 1.85 bits per heavy atom. The molecule has 0 amide bonds. The Kier molecular flexibility index (Phi) is 6.81. The van der Waals surface area contributed by atoms with E-state index in [4.69, 9.17) is 11.6 Å². The Hall–Kier alpha value is -3.32. The standard InChI is InChI=1S/C30H28ClN3/c1-2-16-33(22-24-3-4-24)18-19-34-17-15-26-20-23(6-14-30(26)34)5-12-29-13-9-27(21-32-29)25-7-10-28(31)11-8-25/h2,6-11,13-15,17,20-21,24H,1,3-4,16,18-19,22H2. The Labute approximate surface area is 206 Å². The van der Waals surface area contributed by atoms with Gasteiger partial charge in [0.2, 0.25) is 0 Å². The van der Waals surface area contributed by atoms with Crippen LogP contribution in [0.5, 0.6) is 0 Å². The lowest BCUT2D eigenvalue weighted by Crippen LogP contribution is -2.29. The van der Waals surface area contributed by atoms with E-state index in [9.17, 15) is 0 Å². The molecule has 1 aliphatic carbocycles. The maximum Gasteiger partial charge on any atom is 0.113 e. The molecule has 0 unspecified atom stereocenters. The fourth-order valence-corrected chi connectivity index (χ4v) is 4.37. The number of pyridine rings is 1. The first kappa shape index (κ1) is 22.5. The molecule has 0 aliphatic heterocycles. The first-order valence-corrected chi connectivity index (χ1v) is 12.2. The van der Waals surface area contributed by atoms with Gasteiger partial charge in [0.1, 0.15) is 5.69 Å². The number of hydrogen-bond acceptors (Lipinski definition) is 2. The zero-order valence-electron chi connectivity index (χ0n) is 19.3. The summed E-state index contributed by atoms with van der Waals surface area (Å²) in [6.45, 7) is 8.11. The topological polar surface area (TPSA) is 21.1 Å². The lowest BCUT2D eigenvalue weighted by molar-refractivity contribution is 0.279. The van der Waals surface area contributed by atoms with E-state index in [1.54, 1.807) is 0 Å². The van der Waals surface area contributed by atoms with Crippen LogP contribution in [-0.2, 0) is 6.54 Å². The van der Waals surface area contributed by atoms with Crippen LogP contribution in [0.3, 0.4) is 0 Å². The fourth-order valence-electron chi connectivity index (χ4n) is 4.24. The second-order valence-electron chi connectivity index (χ2n) is 8.96. The summed E-state index contributed by atoms with van der Waals surface area (Å²) in [5, 5.41) is 1.95. The predicted octanol–water partition coefficient (Wildman–Crippen LogP) is 6.65. The smallest absolute Gasteiger partial charge is 0.113 e. The molecule has 0 N–H and O–H groups in total. The number of nitrogens with zero attached hydrogens (tertiary/aromatic N) is 3. The zero-order valence-corrected chi connectivity index (χ0v) is 20.0. The second-order valence-corrected chi connectivity index (χ2v) is 9.40. The molecule has 2 aromatic heterocycles. The van der Waals surface area contributed by atoms with Gasteiger partial charge in [0.05, 0.1) is 0 Å². The first-order valence-electron chi connectivity index (χ1n) is 11.8. The van der Waals surface area contributed by atoms with Crippen LogP contribution < -0.4 is 0 Å². The fraction of sp³-hybridized carbons (Fsp3) is 0.233. The highest BCUT2D eigenvalue weighted by molar-refractivity contribution is 6.30. The van der Waals surface area contributed by atoms with Gasteiger partial charge in [-0.15, -0.1) is 6.58 Å². The van der Waals surface area contributed by atoms with Gasteiger partial charge in [-0.2, -0.15) is 0 Å². The van der Waals surface area contributed by atoms with E-state index in [0.717, 1.165) is 53.0 Å². The molecule has 4 aromatic rings. The Balaban J connectivity index is 1.25. The van der Waals surface area contributed by atoms with Crippen LogP contribution in [0.2, 0.25) is 5.02 Å². The molecule has 0 bridgehead atoms. The van der Waals surface area contributed by atoms with Crippen LogP contribution in [0.15, 0.2) is 85.7 Å². The van der Waals surface area contributed by atoms with Crippen LogP contribution in [-0.4, -0.2) is 34.1 Å².